The van der Waals surface area contributed by atoms with Gasteiger partial charge in [-0.1, -0.05) is 0 Å². The van der Waals surface area contributed by atoms with Crippen molar-refractivity contribution in [3.63, 3.8) is 0 Å². The molecule has 0 aliphatic carbocycles. The standard InChI is InChI=1S/C16H16O2S/c1-10-4-7-14(19-10)15(17)11-5-6-13-12(8-11)9-16(2,3)18-13/h4-8H,9H2,1-3H3. The van der Waals surface area contributed by atoms with E-state index in [1.165, 1.54) is 0 Å². The molecule has 0 saturated carbocycles. The van der Waals surface area contributed by atoms with Gasteiger partial charge in [0.1, 0.15) is 11.4 Å². The number of rotatable bonds is 2. The Morgan fingerprint density at radius 3 is 2.74 bits per heavy atom. The molecule has 1 aliphatic heterocycles. The van der Waals surface area contributed by atoms with E-state index in [4.69, 9.17) is 4.74 Å². The molecule has 0 atom stereocenters. The van der Waals surface area contributed by atoms with Crippen LogP contribution in [0.4, 0.5) is 0 Å². The van der Waals surface area contributed by atoms with Crippen LogP contribution in [0, 0.1) is 6.92 Å². The Morgan fingerprint density at radius 1 is 1.26 bits per heavy atom. The molecule has 0 unspecified atom stereocenters. The first-order chi connectivity index (χ1) is 8.94. The SMILES string of the molecule is Cc1ccc(C(=O)c2ccc3c(c2)CC(C)(C)O3)s1. The number of thiophene rings is 1. The fourth-order valence-electron chi connectivity index (χ4n) is 2.45. The lowest BCUT2D eigenvalue weighted by atomic mass is 9.99. The van der Waals surface area contributed by atoms with Crippen LogP contribution < -0.4 is 4.74 Å². The van der Waals surface area contributed by atoms with Crippen LogP contribution in [0.1, 0.15) is 39.5 Å². The number of benzene rings is 1. The highest BCUT2D eigenvalue weighted by Crippen LogP contribution is 2.35. The maximum Gasteiger partial charge on any atom is 0.202 e. The van der Waals surface area contributed by atoms with Crippen molar-refractivity contribution in [3.8, 4) is 5.75 Å². The zero-order chi connectivity index (χ0) is 13.6. The second kappa shape index (κ2) is 4.20. The van der Waals surface area contributed by atoms with Crippen molar-refractivity contribution in [3.05, 3.63) is 51.2 Å². The van der Waals surface area contributed by atoms with Gasteiger partial charge in [-0.25, -0.2) is 0 Å². The first-order valence-electron chi connectivity index (χ1n) is 6.38. The van der Waals surface area contributed by atoms with Gasteiger partial charge in [0, 0.05) is 16.9 Å². The number of hydrogen-bond donors (Lipinski definition) is 0. The lowest BCUT2D eigenvalue weighted by Gasteiger charge is -2.16. The van der Waals surface area contributed by atoms with Crippen molar-refractivity contribution in [2.45, 2.75) is 32.8 Å². The van der Waals surface area contributed by atoms with Crippen LogP contribution in [0.2, 0.25) is 0 Å². The minimum absolute atomic E-state index is 0.102. The van der Waals surface area contributed by atoms with E-state index in [9.17, 15) is 4.79 Å². The van der Waals surface area contributed by atoms with E-state index < -0.39 is 0 Å². The molecule has 2 heterocycles. The first-order valence-corrected chi connectivity index (χ1v) is 7.19. The van der Waals surface area contributed by atoms with Crippen molar-refractivity contribution in [1.82, 2.24) is 0 Å². The fraction of sp³-hybridized carbons (Fsp3) is 0.312. The predicted octanol–water partition coefficient (Wildman–Crippen LogP) is 4.00. The minimum Gasteiger partial charge on any atom is -0.487 e. The summed E-state index contributed by atoms with van der Waals surface area (Å²) in [5.41, 5.74) is 1.72. The van der Waals surface area contributed by atoms with Crippen LogP contribution in [-0.2, 0) is 6.42 Å². The Kier molecular flexibility index (Phi) is 2.75. The Balaban J connectivity index is 1.94. The molecule has 3 rings (SSSR count). The third-order valence-electron chi connectivity index (χ3n) is 3.29. The normalized spacial score (nSPS) is 15.9. The smallest absolute Gasteiger partial charge is 0.202 e. The molecule has 3 heteroatoms. The van der Waals surface area contributed by atoms with Crippen LogP contribution in [-0.4, -0.2) is 11.4 Å². The Morgan fingerprint density at radius 2 is 2.05 bits per heavy atom. The second-order valence-electron chi connectivity index (χ2n) is 5.60. The van der Waals surface area contributed by atoms with Gasteiger partial charge in [-0.3, -0.25) is 4.79 Å². The monoisotopic (exact) mass is 272 g/mol. The van der Waals surface area contributed by atoms with Crippen molar-refractivity contribution < 1.29 is 9.53 Å². The summed E-state index contributed by atoms with van der Waals surface area (Å²) in [5.74, 6) is 1.01. The molecule has 2 nitrogen and oxygen atoms in total. The van der Waals surface area contributed by atoms with Gasteiger partial charge in [0.15, 0.2) is 0 Å². The third-order valence-corrected chi connectivity index (χ3v) is 4.29. The molecule has 0 N–H and O–H groups in total. The topological polar surface area (TPSA) is 26.3 Å². The van der Waals surface area contributed by atoms with Crippen molar-refractivity contribution in [1.29, 1.82) is 0 Å². The summed E-state index contributed by atoms with van der Waals surface area (Å²) in [6, 6.07) is 9.63. The van der Waals surface area contributed by atoms with Crippen molar-refractivity contribution in [2.75, 3.05) is 0 Å². The lowest BCUT2D eigenvalue weighted by Crippen LogP contribution is -2.24. The van der Waals surface area contributed by atoms with Crippen LogP contribution in [0.3, 0.4) is 0 Å². The molecule has 2 aromatic rings. The molecule has 1 aromatic heterocycles. The Hall–Kier alpha value is -1.61. The predicted molar refractivity (Wildman–Crippen MR) is 77.3 cm³/mol. The van der Waals surface area contributed by atoms with Crippen LogP contribution in [0.25, 0.3) is 0 Å². The van der Waals surface area contributed by atoms with Crippen molar-refractivity contribution in [2.24, 2.45) is 0 Å². The number of hydrogen-bond acceptors (Lipinski definition) is 3. The largest absolute Gasteiger partial charge is 0.487 e. The number of ether oxygens (including phenoxy) is 1. The molecule has 0 radical (unpaired) electrons. The molecule has 0 fully saturated rings. The third kappa shape index (κ3) is 2.30. The Labute approximate surface area is 117 Å². The highest BCUT2D eigenvalue weighted by Gasteiger charge is 2.30. The average Bonchev–Trinajstić information content (AvgIpc) is 2.88. The average molecular weight is 272 g/mol. The van der Waals surface area contributed by atoms with Gasteiger partial charge in [0.25, 0.3) is 0 Å². The van der Waals surface area contributed by atoms with Crippen molar-refractivity contribution >= 4 is 17.1 Å². The molecule has 0 saturated heterocycles. The van der Waals surface area contributed by atoms with Crippen LogP contribution >= 0.6 is 11.3 Å². The fourth-order valence-corrected chi connectivity index (χ4v) is 3.28. The molecule has 0 bridgehead atoms. The first kappa shape index (κ1) is 12.4. The molecule has 1 aromatic carbocycles. The summed E-state index contributed by atoms with van der Waals surface area (Å²) in [7, 11) is 0. The summed E-state index contributed by atoms with van der Waals surface area (Å²) in [5, 5.41) is 0. The van der Waals surface area contributed by atoms with E-state index >= 15 is 0 Å². The van der Waals surface area contributed by atoms with Gasteiger partial charge < -0.3 is 4.74 Å². The summed E-state index contributed by atoms with van der Waals surface area (Å²) < 4.78 is 5.83. The number of carbonyl (C=O) groups is 1. The van der Waals surface area contributed by atoms with Gasteiger partial charge in [0.2, 0.25) is 5.78 Å². The van der Waals surface area contributed by atoms with E-state index in [0.717, 1.165) is 33.1 Å². The van der Waals surface area contributed by atoms with Gasteiger partial charge in [-0.2, -0.15) is 0 Å². The van der Waals surface area contributed by atoms with E-state index in [1.807, 2.05) is 37.3 Å². The maximum atomic E-state index is 12.4. The molecule has 19 heavy (non-hydrogen) atoms. The number of carbonyl (C=O) groups excluding carboxylic acids is 1. The molecule has 0 spiro atoms. The zero-order valence-electron chi connectivity index (χ0n) is 11.3. The van der Waals surface area contributed by atoms with Crippen LogP contribution in [0.5, 0.6) is 5.75 Å². The highest BCUT2D eigenvalue weighted by molar-refractivity contribution is 7.14. The molecule has 1 aliphatic rings. The highest BCUT2D eigenvalue weighted by atomic mass is 32.1. The van der Waals surface area contributed by atoms with Crippen LogP contribution in [0.15, 0.2) is 30.3 Å². The van der Waals surface area contributed by atoms with E-state index in [1.54, 1.807) is 11.3 Å². The summed E-state index contributed by atoms with van der Waals surface area (Å²) in [6.45, 7) is 6.15. The number of fused-ring (bicyclic) bond motifs is 1. The summed E-state index contributed by atoms with van der Waals surface area (Å²) >= 11 is 1.54. The van der Waals surface area contributed by atoms with Gasteiger partial charge in [-0.05, 0) is 56.7 Å². The quantitative estimate of drug-likeness (QED) is 0.772. The zero-order valence-corrected chi connectivity index (χ0v) is 12.1. The Bertz CT molecular complexity index is 653. The maximum absolute atomic E-state index is 12.4. The summed E-state index contributed by atoms with van der Waals surface area (Å²) in [6.07, 6.45) is 0.854. The van der Waals surface area contributed by atoms with E-state index in [-0.39, 0.29) is 11.4 Å². The lowest BCUT2D eigenvalue weighted by molar-refractivity contribution is 0.104. The van der Waals surface area contributed by atoms with Gasteiger partial charge >= 0.3 is 0 Å². The molecular weight excluding hydrogens is 256 g/mol. The summed E-state index contributed by atoms with van der Waals surface area (Å²) in [4.78, 5) is 14.4. The number of ketones is 1. The van der Waals surface area contributed by atoms with E-state index in [2.05, 4.69) is 13.8 Å². The molecular formula is C16H16O2S. The second-order valence-corrected chi connectivity index (χ2v) is 6.89. The van der Waals surface area contributed by atoms with E-state index in [0.29, 0.717) is 0 Å². The van der Waals surface area contributed by atoms with Gasteiger partial charge in [-0.15, -0.1) is 11.3 Å². The molecule has 98 valence electrons. The molecule has 0 amide bonds. The van der Waals surface area contributed by atoms with Gasteiger partial charge in [0.05, 0.1) is 4.88 Å². The number of aryl methyl sites for hydroxylation is 1. The minimum atomic E-state index is -0.163.